The maximum Gasteiger partial charge on any atom is 0.239 e. The lowest BCUT2D eigenvalue weighted by molar-refractivity contribution is -0.119. The predicted molar refractivity (Wildman–Crippen MR) is 98.2 cm³/mol. The zero-order chi connectivity index (χ0) is 16.1. The van der Waals surface area contributed by atoms with Crippen LogP contribution >= 0.6 is 11.8 Å². The molecule has 0 radical (unpaired) electrons. The zero-order valence-electron chi connectivity index (χ0n) is 13.9. The van der Waals surface area contributed by atoms with Crippen LogP contribution in [0.3, 0.4) is 0 Å². The fourth-order valence-electron chi connectivity index (χ4n) is 3.35. The number of anilines is 1. The second kappa shape index (κ2) is 7.91. The van der Waals surface area contributed by atoms with Gasteiger partial charge in [0.2, 0.25) is 5.91 Å². The molecule has 124 valence electrons. The summed E-state index contributed by atoms with van der Waals surface area (Å²) < 4.78 is 0. The van der Waals surface area contributed by atoms with Crippen molar-refractivity contribution in [1.29, 1.82) is 0 Å². The van der Waals surface area contributed by atoms with E-state index in [1.54, 1.807) is 0 Å². The van der Waals surface area contributed by atoms with Gasteiger partial charge in [-0.25, -0.2) is 0 Å². The average molecular weight is 330 g/mol. The number of thioether (sulfide) groups is 1. The van der Waals surface area contributed by atoms with Gasteiger partial charge in [0, 0.05) is 23.2 Å². The molecule has 3 nitrogen and oxygen atoms in total. The Morgan fingerprint density at radius 3 is 3.04 bits per heavy atom. The van der Waals surface area contributed by atoms with Crippen molar-refractivity contribution in [3.8, 4) is 0 Å². The Hall–Kier alpha value is -1.42. The number of benzene rings is 1. The van der Waals surface area contributed by atoms with Crippen LogP contribution in [-0.2, 0) is 4.79 Å². The van der Waals surface area contributed by atoms with E-state index < -0.39 is 0 Å². The van der Waals surface area contributed by atoms with Crippen LogP contribution in [-0.4, -0.2) is 30.8 Å². The van der Waals surface area contributed by atoms with Gasteiger partial charge in [-0.3, -0.25) is 4.79 Å². The molecule has 23 heavy (non-hydrogen) atoms. The molecule has 0 saturated heterocycles. The van der Waals surface area contributed by atoms with E-state index in [1.807, 2.05) is 11.8 Å². The SMILES string of the molecule is CC1CN(CC(=O)NCCC2=CCCCC2)c2ccccc2S1. The summed E-state index contributed by atoms with van der Waals surface area (Å²) in [5, 5.41) is 3.61. The van der Waals surface area contributed by atoms with E-state index in [2.05, 4.69) is 47.5 Å². The lowest BCUT2D eigenvalue weighted by Crippen LogP contribution is -2.42. The highest BCUT2D eigenvalue weighted by atomic mass is 32.2. The van der Waals surface area contributed by atoms with Crippen molar-refractivity contribution >= 4 is 23.4 Å². The van der Waals surface area contributed by atoms with E-state index in [9.17, 15) is 4.79 Å². The highest BCUT2D eigenvalue weighted by molar-refractivity contribution is 8.00. The Bertz CT molecular complexity index is 584. The van der Waals surface area contributed by atoms with Gasteiger partial charge in [0.25, 0.3) is 0 Å². The predicted octanol–water partition coefficient (Wildman–Crippen LogP) is 3.99. The topological polar surface area (TPSA) is 32.3 Å². The summed E-state index contributed by atoms with van der Waals surface area (Å²) in [4.78, 5) is 15.8. The zero-order valence-corrected chi connectivity index (χ0v) is 14.7. The standard InChI is InChI=1S/C19H26N2OS/c1-15-13-21(17-9-5-6-10-18(17)23-15)14-19(22)20-12-11-16-7-3-2-4-8-16/h5-7,9-10,15H,2-4,8,11-14H2,1H3,(H,20,22). The second-order valence-corrected chi connectivity index (χ2v) is 7.97. The van der Waals surface area contributed by atoms with E-state index in [4.69, 9.17) is 0 Å². The van der Waals surface area contributed by atoms with Crippen molar-refractivity contribution in [2.75, 3.05) is 24.5 Å². The summed E-state index contributed by atoms with van der Waals surface area (Å²) in [5.74, 6) is 0.135. The number of nitrogens with one attached hydrogen (secondary N) is 1. The number of amides is 1. The van der Waals surface area contributed by atoms with Crippen LogP contribution in [0.4, 0.5) is 5.69 Å². The third kappa shape index (κ3) is 4.54. The molecule has 1 aromatic carbocycles. The molecule has 4 heteroatoms. The van der Waals surface area contributed by atoms with Crippen molar-refractivity contribution in [2.45, 2.75) is 49.2 Å². The molecule has 0 bridgehead atoms. The Morgan fingerprint density at radius 2 is 2.22 bits per heavy atom. The minimum absolute atomic E-state index is 0.135. The van der Waals surface area contributed by atoms with Crippen molar-refractivity contribution < 1.29 is 4.79 Å². The molecule has 2 aliphatic rings. The lowest BCUT2D eigenvalue weighted by atomic mass is 9.97. The highest BCUT2D eigenvalue weighted by Crippen LogP contribution is 2.37. The van der Waals surface area contributed by atoms with Gasteiger partial charge in [-0.2, -0.15) is 0 Å². The molecule has 0 fully saturated rings. The molecule has 0 spiro atoms. The summed E-state index contributed by atoms with van der Waals surface area (Å²) in [6.45, 7) is 4.38. The third-order valence-electron chi connectivity index (χ3n) is 4.50. The van der Waals surface area contributed by atoms with E-state index in [0.717, 1.165) is 19.5 Å². The number of hydrogen-bond acceptors (Lipinski definition) is 3. The van der Waals surface area contributed by atoms with Crippen LogP contribution in [0.15, 0.2) is 40.8 Å². The number of allylic oxidation sites excluding steroid dienone is 1. The number of para-hydroxylation sites is 1. The Morgan fingerprint density at radius 1 is 1.35 bits per heavy atom. The summed E-state index contributed by atoms with van der Waals surface area (Å²) in [7, 11) is 0. The number of nitrogens with zero attached hydrogens (tertiary/aromatic N) is 1. The minimum Gasteiger partial charge on any atom is -0.360 e. The second-order valence-electron chi connectivity index (χ2n) is 6.48. The van der Waals surface area contributed by atoms with Crippen LogP contribution in [0.2, 0.25) is 0 Å². The van der Waals surface area contributed by atoms with Crippen LogP contribution in [0.5, 0.6) is 0 Å². The Balaban J connectivity index is 1.50. The molecule has 0 saturated carbocycles. The van der Waals surface area contributed by atoms with E-state index in [1.165, 1.54) is 41.8 Å². The molecule has 3 rings (SSSR count). The van der Waals surface area contributed by atoms with Gasteiger partial charge >= 0.3 is 0 Å². The third-order valence-corrected chi connectivity index (χ3v) is 5.65. The largest absolute Gasteiger partial charge is 0.360 e. The minimum atomic E-state index is 0.135. The quantitative estimate of drug-likeness (QED) is 0.829. The molecule has 1 unspecified atom stereocenters. The van der Waals surface area contributed by atoms with Crippen molar-refractivity contribution in [3.05, 3.63) is 35.9 Å². The number of rotatable bonds is 5. The molecular formula is C19H26N2OS. The van der Waals surface area contributed by atoms with E-state index in [0.29, 0.717) is 11.8 Å². The van der Waals surface area contributed by atoms with Crippen molar-refractivity contribution in [2.24, 2.45) is 0 Å². The fourth-order valence-corrected chi connectivity index (χ4v) is 4.52. The molecule has 1 amide bonds. The van der Waals surface area contributed by atoms with Gasteiger partial charge in [-0.1, -0.05) is 30.7 Å². The maximum atomic E-state index is 12.3. The number of carbonyl (C=O) groups is 1. The Kier molecular flexibility index (Phi) is 5.65. The van der Waals surface area contributed by atoms with Crippen molar-refractivity contribution in [3.63, 3.8) is 0 Å². The number of carbonyl (C=O) groups excluding carboxylic acids is 1. The lowest BCUT2D eigenvalue weighted by Gasteiger charge is -2.33. The summed E-state index contributed by atoms with van der Waals surface area (Å²) >= 11 is 1.90. The first-order valence-corrected chi connectivity index (χ1v) is 9.55. The molecule has 1 atom stereocenters. The van der Waals surface area contributed by atoms with Crippen LogP contribution in [0.25, 0.3) is 0 Å². The molecule has 1 aromatic rings. The molecule has 0 aromatic heterocycles. The van der Waals surface area contributed by atoms with Gasteiger partial charge in [0.05, 0.1) is 12.2 Å². The molecule has 1 aliphatic heterocycles. The van der Waals surface area contributed by atoms with Gasteiger partial charge in [0.15, 0.2) is 0 Å². The Labute approximate surface area is 143 Å². The summed E-state index contributed by atoms with van der Waals surface area (Å²) in [5.41, 5.74) is 2.71. The van der Waals surface area contributed by atoms with Gasteiger partial charge in [-0.05, 0) is 44.2 Å². The first-order valence-electron chi connectivity index (χ1n) is 8.67. The van der Waals surface area contributed by atoms with Crippen molar-refractivity contribution in [1.82, 2.24) is 5.32 Å². The van der Waals surface area contributed by atoms with Gasteiger partial charge in [-0.15, -0.1) is 11.8 Å². The molecular weight excluding hydrogens is 304 g/mol. The number of hydrogen-bond donors (Lipinski definition) is 1. The summed E-state index contributed by atoms with van der Waals surface area (Å²) in [6.07, 6.45) is 8.41. The first-order chi connectivity index (χ1) is 11.2. The molecule has 1 N–H and O–H groups in total. The monoisotopic (exact) mass is 330 g/mol. The molecule has 1 aliphatic carbocycles. The highest BCUT2D eigenvalue weighted by Gasteiger charge is 2.23. The van der Waals surface area contributed by atoms with Crippen LogP contribution in [0.1, 0.15) is 39.0 Å². The average Bonchev–Trinajstić information content (AvgIpc) is 2.55. The first kappa shape index (κ1) is 16.4. The normalized spacial score (nSPS) is 20.7. The molecule has 1 heterocycles. The van der Waals surface area contributed by atoms with E-state index in [-0.39, 0.29) is 5.91 Å². The number of fused-ring (bicyclic) bond motifs is 1. The summed E-state index contributed by atoms with van der Waals surface area (Å²) in [6, 6.07) is 8.39. The van der Waals surface area contributed by atoms with Gasteiger partial charge in [0.1, 0.15) is 0 Å². The maximum absolute atomic E-state index is 12.3. The van der Waals surface area contributed by atoms with Crippen LogP contribution in [0, 0.1) is 0 Å². The smallest absolute Gasteiger partial charge is 0.239 e. The van der Waals surface area contributed by atoms with E-state index >= 15 is 0 Å². The van der Waals surface area contributed by atoms with Gasteiger partial charge < -0.3 is 10.2 Å². The van der Waals surface area contributed by atoms with Crippen LogP contribution < -0.4 is 10.2 Å². The fraction of sp³-hybridized carbons (Fsp3) is 0.526.